The second-order valence-electron chi connectivity index (χ2n) is 4.82. The number of nitrogens with zero attached hydrogens (tertiary/aromatic N) is 2. The maximum absolute atomic E-state index is 13.7. The molecule has 1 aromatic rings. The largest absolute Gasteiger partial charge is 0.325 e. The highest BCUT2D eigenvalue weighted by Gasteiger charge is 2.45. The third-order valence-electron chi connectivity index (χ3n) is 3.20. The van der Waals surface area contributed by atoms with Crippen molar-refractivity contribution in [1.29, 1.82) is 5.26 Å². The Balaban J connectivity index is 2.34. The van der Waals surface area contributed by atoms with E-state index < -0.39 is 23.3 Å². The van der Waals surface area contributed by atoms with E-state index in [1.165, 1.54) is 23.1 Å². The SMILES string of the molecule is CC1(C)C(=O)NC(=O)N1Cc1cc(C#N)ccc1F. The van der Waals surface area contributed by atoms with Gasteiger partial charge in [0.05, 0.1) is 18.2 Å². The molecule has 0 radical (unpaired) electrons. The smallest absolute Gasteiger partial charge is 0.306 e. The van der Waals surface area contributed by atoms with Gasteiger partial charge in [-0.2, -0.15) is 5.26 Å². The van der Waals surface area contributed by atoms with Gasteiger partial charge in [0.1, 0.15) is 11.4 Å². The summed E-state index contributed by atoms with van der Waals surface area (Å²) in [6.45, 7) is 3.10. The third-order valence-corrected chi connectivity index (χ3v) is 3.20. The predicted molar refractivity (Wildman–Crippen MR) is 64.3 cm³/mol. The number of carbonyl (C=O) groups excluding carboxylic acids is 2. The number of halogens is 1. The van der Waals surface area contributed by atoms with Gasteiger partial charge in [0.15, 0.2) is 0 Å². The Hall–Kier alpha value is -2.42. The Morgan fingerprint density at radius 1 is 1.42 bits per heavy atom. The van der Waals surface area contributed by atoms with Crippen LogP contribution < -0.4 is 5.32 Å². The molecule has 1 saturated heterocycles. The van der Waals surface area contributed by atoms with Crippen molar-refractivity contribution in [2.45, 2.75) is 25.9 Å². The minimum absolute atomic E-state index is 0.0636. The normalized spacial score (nSPS) is 17.3. The number of carbonyl (C=O) groups is 2. The summed E-state index contributed by atoms with van der Waals surface area (Å²) in [7, 11) is 0. The maximum Gasteiger partial charge on any atom is 0.325 e. The molecule has 0 spiro atoms. The fraction of sp³-hybridized carbons (Fsp3) is 0.308. The molecule has 1 aliphatic heterocycles. The molecule has 3 amide bonds. The Kier molecular flexibility index (Phi) is 2.98. The number of rotatable bonds is 2. The minimum atomic E-state index is -1.04. The van der Waals surface area contributed by atoms with Gasteiger partial charge in [-0.3, -0.25) is 10.1 Å². The van der Waals surface area contributed by atoms with Crippen molar-refractivity contribution < 1.29 is 14.0 Å². The monoisotopic (exact) mass is 261 g/mol. The van der Waals surface area contributed by atoms with Crippen molar-refractivity contribution in [3.05, 3.63) is 35.1 Å². The van der Waals surface area contributed by atoms with Gasteiger partial charge < -0.3 is 4.90 Å². The Morgan fingerprint density at radius 2 is 2.11 bits per heavy atom. The molecule has 0 atom stereocenters. The van der Waals surface area contributed by atoms with E-state index in [0.717, 1.165) is 0 Å². The highest BCUT2D eigenvalue weighted by Crippen LogP contribution is 2.24. The fourth-order valence-corrected chi connectivity index (χ4v) is 1.90. The van der Waals surface area contributed by atoms with Crippen LogP contribution in [0.5, 0.6) is 0 Å². The molecular formula is C13H12FN3O2. The minimum Gasteiger partial charge on any atom is -0.306 e. The molecule has 1 aliphatic rings. The van der Waals surface area contributed by atoms with E-state index in [4.69, 9.17) is 5.26 Å². The van der Waals surface area contributed by atoms with Gasteiger partial charge in [-0.15, -0.1) is 0 Å². The number of hydrogen-bond donors (Lipinski definition) is 1. The summed E-state index contributed by atoms with van der Waals surface area (Å²) in [5, 5.41) is 11.0. The Labute approximate surface area is 109 Å². The lowest BCUT2D eigenvalue weighted by Gasteiger charge is -2.28. The maximum atomic E-state index is 13.7. The quantitative estimate of drug-likeness (QED) is 0.820. The summed E-state index contributed by atoms with van der Waals surface area (Å²) in [5.41, 5.74) is -0.524. The van der Waals surface area contributed by atoms with Crippen LogP contribution in [0.25, 0.3) is 0 Å². The van der Waals surface area contributed by atoms with Crippen LogP contribution in [0, 0.1) is 17.1 Å². The lowest BCUT2D eigenvalue weighted by Crippen LogP contribution is -2.43. The Morgan fingerprint density at radius 3 is 2.63 bits per heavy atom. The molecule has 0 bridgehead atoms. The molecule has 98 valence electrons. The average molecular weight is 261 g/mol. The van der Waals surface area contributed by atoms with Crippen LogP contribution in [0.15, 0.2) is 18.2 Å². The van der Waals surface area contributed by atoms with Gasteiger partial charge in [-0.05, 0) is 32.0 Å². The third kappa shape index (κ3) is 2.15. The van der Waals surface area contributed by atoms with Gasteiger partial charge in [0, 0.05) is 5.56 Å². The highest BCUT2D eigenvalue weighted by atomic mass is 19.1. The van der Waals surface area contributed by atoms with Crippen LogP contribution in [0.4, 0.5) is 9.18 Å². The van der Waals surface area contributed by atoms with Crippen molar-refractivity contribution in [2.24, 2.45) is 0 Å². The van der Waals surface area contributed by atoms with Crippen molar-refractivity contribution in [2.75, 3.05) is 0 Å². The molecule has 1 fully saturated rings. The molecular weight excluding hydrogens is 249 g/mol. The van der Waals surface area contributed by atoms with Crippen LogP contribution in [-0.4, -0.2) is 22.4 Å². The van der Waals surface area contributed by atoms with Crippen LogP contribution in [0.2, 0.25) is 0 Å². The summed E-state index contributed by atoms with van der Waals surface area (Å²) in [6.07, 6.45) is 0. The summed E-state index contributed by atoms with van der Waals surface area (Å²) in [5.74, 6) is -0.934. The van der Waals surface area contributed by atoms with Gasteiger partial charge in [0.2, 0.25) is 0 Å². The molecule has 1 heterocycles. The first kappa shape index (κ1) is 13.0. The number of benzene rings is 1. The lowest BCUT2D eigenvalue weighted by atomic mass is 10.0. The molecule has 2 rings (SSSR count). The molecule has 5 nitrogen and oxygen atoms in total. The van der Waals surface area contributed by atoms with Gasteiger partial charge in [-0.25, -0.2) is 9.18 Å². The van der Waals surface area contributed by atoms with Gasteiger partial charge in [0.25, 0.3) is 5.91 Å². The molecule has 0 unspecified atom stereocenters. The van der Waals surface area contributed by atoms with E-state index in [-0.39, 0.29) is 12.1 Å². The van der Waals surface area contributed by atoms with Gasteiger partial charge in [-0.1, -0.05) is 0 Å². The second kappa shape index (κ2) is 4.35. The van der Waals surface area contributed by atoms with Crippen LogP contribution in [-0.2, 0) is 11.3 Å². The van der Waals surface area contributed by atoms with Crippen molar-refractivity contribution in [3.8, 4) is 6.07 Å². The van der Waals surface area contributed by atoms with Gasteiger partial charge >= 0.3 is 6.03 Å². The van der Waals surface area contributed by atoms with E-state index in [9.17, 15) is 14.0 Å². The first-order chi connectivity index (χ1) is 8.86. The highest BCUT2D eigenvalue weighted by molar-refractivity contribution is 6.06. The first-order valence-electron chi connectivity index (χ1n) is 5.68. The number of imide groups is 1. The molecule has 19 heavy (non-hydrogen) atoms. The van der Waals surface area contributed by atoms with Crippen LogP contribution >= 0.6 is 0 Å². The zero-order valence-electron chi connectivity index (χ0n) is 10.5. The molecule has 1 aromatic carbocycles. The molecule has 0 saturated carbocycles. The lowest BCUT2D eigenvalue weighted by molar-refractivity contribution is -0.125. The fourth-order valence-electron chi connectivity index (χ4n) is 1.90. The number of nitrogens with one attached hydrogen (secondary N) is 1. The Bertz CT molecular complexity index is 604. The summed E-state index contributed by atoms with van der Waals surface area (Å²) >= 11 is 0. The average Bonchev–Trinajstić information content (AvgIpc) is 2.54. The summed E-state index contributed by atoms with van der Waals surface area (Å²) in [6, 6.07) is 5.26. The predicted octanol–water partition coefficient (Wildman–Crippen LogP) is 1.53. The first-order valence-corrected chi connectivity index (χ1v) is 5.68. The molecule has 6 heteroatoms. The van der Waals surface area contributed by atoms with Crippen molar-refractivity contribution >= 4 is 11.9 Å². The van der Waals surface area contributed by atoms with Crippen molar-refractivity contribution in [3.63, 3.8) is 0 Å². The van der Waals surface area contributed by atoms with Crippen molar-refractivity contribution in [1.82, 2.24) is 10.2 Å². The summed E-state index contributed by atoms with van der Waals surface area (Å²) in [4.78, 5) is 24.5. The number of hydrogen-bond acceptors (Lipinski definition) is 3. The molecule has 1 N–H and O–H groups in total. The van der Waals surface area contributed by atoms with Crippen LogP contribution in [0.1, 0.15) is 25.0 Å². The number of nitriles is 1. The zero-order valence-corrected chi connectivity index (χ0v) is 10.5. The summed E-state index contributed by atoms with van der Waals surface area (Å²) < 4.78 is 13.7. The number of urea groups is 1. The molecule has 0 aromatic heterocycles. The standard InChI is InChI=1S/C13H12FN3O2/c1-13(2)11(18)16-12(19)17(13)7-9-5-8(6-15)3-4-10(9)14/h3-5H,7H2,1-2H3,(H,16,18,19). The zero-order chi connectivity index (χ0) is 14.2. The van der Waals surface area contributed by atoms with E-state index in [2.05, 4.69) is 5.32 Å². The number of amides is 3. The van der Waals surface area contributed by atoms with E-state index in [1.54, 1.807) is 13.8 Å². The topological polar surface area (TPSA) is 73.2 Å². The van der Waals surface area contributed by atoms with Crippen LogP contribution in [0.3, 0.4) is 0 Å². The van der Waals surface area contributed by atoms with E-state index in [1.807, 2.05) is 6.07 Å². The second-order valence-corrected chi connectivity index (χ2v) is 4.82. The molecule has 0 aliphatic carbocycles. The van der Waals surface area contributed by atoms with E-state index in [0.29, 0.717) is 5.56 Å². The van der Waals surface area contributed by atoms with E-state index >= 15 is 0 Å².